The Morgan fingerprint density at radius 2 is 2.00 bits per heavy atom. The minimum absolute atomic E-state index is 0.143. The quantitative estimate of drug-likeness (QED) is 0.604. The molecule has 6 nitrogen and oxygen atoms in total. The Balaban J connectivity index is 1.47. The van der Waals surface area contributed by atoms with Gasteiger partial charge in [-0.2, -0.15) is 4.31 Å². The zero-order chi connectivity index (χ0) is 22.0. The molecule has 1 aliphatic heterocycles. The fraction of sp³-hybridized carbons (Fsp3) is 0.348. The normalized spacial score (nSPS) is 17.7. The third kappa shape index (κ3) is 4.49. The Hall–Kier alpha value is -2.35. The summed E-state index contributed by atoms with van der Waals surface area (Å²) in [6, 6.07) is 14.5. The Morgan fingerprint density at radius 1 is 1.19 bits per heavy atom. The second-order valence-corrected chi connectivity index (χ2v) is 10.2. The first-order valence-electron chi connectivity index (χ1n) is 10.5. The van der Waals surface area contributed by atoms with E-state index in [1.54, 1.807) is 18.2 Å². The number of halogens is 1. The monoisotopic (exact) mass is 459 g/mol. The summed E-state index contributed by atoms with van der Waals surface area (Å²) in [4.78, 5) is 13.0. The predicted octanol–water partition coefficient (Wildman–Crippen LogP) is 4.03. The standard InChI is InChI=1S/C23H26ClN3O3S/c1-2-26-13-11-17-14-20(9-10-22(17)26)31(29,30)27-12-5-7-19(16-27)23(28)25-15-18-6-3-4-8-21(18)24/h3-4,6,8-11,13-14,19H,2,5,7,12,15-16H2,1H3,(H,25,28). The van der Waals surface area contributed by atoms with Crippen LogP contribution in [0.15, 0.2) is 59.6 Å². The molecule has 0 saturated carbocycles. The molecule has 4 rings (SSSR count). The molecule has 1 aromatic heterocycles. The third-order valence-corrected chi connectivity index (χ3v) is 8.12. The van der Waals surface area contributed by atoms with E-state index in [0.29, 0.717) is 31.0 Å². The molecule has 1 atom stereocenters. The molecule has 31 heavy (non-hydrogen) atoms. The third-order valence-electron chi connectivity index (χ3n) is 5.89. The van der Waals surface area contributed by atoms with Crippen LogP contribution >= 0.6 is 11.6 Å². The molecule has 0 aliphatic carbocycles. The highest BCUT2D eigenvalue weighted by atomic mass is 35.5. The van der Waals surface area contributed by atoms with Crippen LogP contribution in [0.5, 0.6) is 0 Å². The van der Waals surface area contributed by atoms with Crippen LogP contribution < -0.4 is 5.32 Å². The number of nitrogens with one attached hydrogen (secondary N) is 1. The van der Waals surface area contributed by atoms with Crippen molar-refractivity contribution in [3.05, 3.63) is 65.3 Å². The number of carbonyl (C=O) groups excluding carboxylic acids is 1. The maximum atomic E-state index is 13.3. The number of amides is 1. The van der Waals surface area contributed by atoms with Crippen molar-refractivity contribution in [2.75, 3.05) is 13.1 Å². The fourth-order valence-electron chi connectivity index (χ4n) is 4.11. The summed E-state index contributed by atoms with van der Waals surface area (Å²) in [6.07, 6.45) is 3.28. The van der Waals surface area contributed by atoms with E-state index in [4.69, 9.17) is 11.6 Å². The summed E-state index contributed by atoms with van der Waals surface area (Å²) in [5, 5.41) is 4.40. The van der Waals surface area contributed by atoms with Crippen LogP contribution in [0.2, 0.25) is 5.02 Å². The van der Waals surface area contributed by atoms with Gasteiger partial charge >= 0.3 is 0 Å². The van der Waals surface area contributed by atoms with Gasteiger partial charge < -0.3 is 9.88 Å². The van der Waals surface area contributed by atoms with Crippen molar-refractivity contribution in [2.45, 2.75) is 37.8 Å². The number of hydrogen-bond acceptors (Lipinski definition) is 3. The number of rotatable bonds is 6. The highest BCUT2D eigenvalue weighted by Gasteiger charge is 2.33. The zero-order valence-corrected chi connectivity index (χ0v) is 19.0. The summed E-state index contributed by atoms with van der Waals surface area (Å²) in [6.45, 7) is 3.81. The van der Waals surface area contributed by atoms with Crippen LogP contribution in [0.25, 0.3) is 10.9 Å². The molecule has 2 aromatic carbocycles. The second-order valence-electron chi connectivity index (χ2n) is 7.83. The van der Waals surface area contributed by atoms with Crippen LogP contribution in [0.1, 0.15) is 25.3 Å². The van der Waals surface area contributed by atoms with Gasteiger partial charge in [-0.3, -0.25) is 4.79 Å². The first-order chi connectivity index (χ1) is 14.9. The van der Waals surface area contributed by atoms with Gasteiger partial charge in [-0.1, -0.05) is 29.8 Å². The van der Waals surface area contributed by atoms with E-state index in [9.17, 15) is 13.2 Å². The fourth-order valence-corrected chi connectivity index (χ4v) is 5.87. The number of piperidine rings is 1. The molecule has 3 aromatic rings. The topological polar surface area (TPSA) is 71.4 Å². The van der Waals surface area contributed by atoms with E-state index in [-0.39, 0.29) is 23.3 Å². The van der Waals surface area contributed by atoms with Gasteiger partial charge in [-0.25, -0.2) is 8.42 Å². The maximum Gasteiger partial charge on any atom is 0.243 e. The number of nitrogens with zero attached hydrogens (tertiary/aromatic N) is 2. The Bertz CT molecular complexity index is 1210. The average molecular weight is 460 g/mol. The van der Waals surface area contributed by atoms with Gasteiger partial charge in [0, 0.05) is 48.3 Å². The first-order valence-corrected chi connectivity index (χ1v) is 12.3. The van der Waals surface area contributed by atoms with E-state index >= 15 is 0 Å². The molecule has 2 heterocycles. The predicted molar refractivity (Wildman–Crippen MR) is 122 cm³/mol. The van der Waals surface area contributed by atoms with E-state index < -0.39 is 10.0 Å². The van der Waals surface area contributed by atoms with Gasteiger partial charge in [0.05, 0.1) is 10.8 Å². The number of hydrogen-bond donors (Lipinski definition) is 1. The van der Waals surface area contributed by atoms with Crippen molar-refractivity contribution < 1.29 is 13.2 Å². The van der Waals surface area contributed by atoms with E-state index in [0.717, 1.165) is 23.0 Å². The molecular formula is C23H26ClN3O3S. The van der Waals surface area contributed by atoms with Crippen molar-refractivity contribution >= 4 is 38.4 Å². The van der Waals surface area contributed by atoms with Crippen LogP contribution in [0.3, 0.4) is 0 Å². The molecule has 1 aliphatic rings. The van der Waals surface area contributed by atoms with Gasteiger partial charge in [0.15, 0.2) is 0 Å². The van der Waals surface area contributed by atoms with Crippen molar-refractivity contribution in [2.24, 2.45) is 5.92 Å². The molecule has 1 unspecified atom stereocenters. The van der Waals surface area contributed by atoms with E-state index in [2.05, 4.69) is 16.8 Å². The van der Waals surface area contributed by atoms with Gasteiger partial charge in [-0.05, 0) is 55.7 Å². The smallest absolute Gasteiger partial charge is 0.243 e. The zero-order valence-electron chi connectivity index (χ0n) is 17.4. The maximum absolute atomic E-state index is 13.3. The van der Waals surface area contributed by atoms with Gasteiger partial charge in [0.25, 0.3) is 0 Å². The van der Waals surface area contributed by atoms with Crippen molar-refractivity contribution in [3.8, 4) is 0 Å². The summed E-state index contributed by atoms with van der Waals surface area (Å²) < 4.78 is 30.1. The molecule has 164 valence electrons. The lowest BCUT2D eigenvalue weighted by atomic mass is 9.99. The van der Waals surface area contributed by atoms with Gasteiger partial charge in [0.1, 0.15) is 0 Å². The number of carbonyl (C=O) groups is 1. The lowest BCUT2D eigenvalue weighted by molar-refractivity contribution is -0.126. The Morgan fingerprint density at radius 3 is 2.77 bits per heavy atom. The number of sulfonamides is 1. The largest absolute Gasteiger partial charge is 0.352 e. The van der Waals surface area contributed by atoms with E-state index in [1.165, 1.54) is 4.31 Å². The van der Waals surface area contributed by atoms with Crippen molar-refractivity contribution in [3.63, 3.8) is 0 Å². The molecule has 1 fully saturated rings. The summed E-state index contributed by atoms with van der Waals surface area (Å²) in [5.74, 6) is -0.522. The molecule has 0 bridgehead atoms. The molecule has 1 N–H and O–H groups in total. The van der Waals surface area contributed by atoms with Gasteiger partial charge in [0.2, 0.25) is 15.9 Å². The minimum Gasteiger partial charge on any atom is -0.352 e. The molecule has 1 amide bonds. The van der Waals surface area contributed by atoms with Crippen LogP contribution in [0, 0.1) is 5.92 Å². The molecular weight excluding hydrogens is 434 g/mol. The van der Waals surface area contributed by atoms with E-state index in [1.807, 2.05) is 36.5 Å². The highest BCUT2D eigenvalue weighted by molar-refractivity contribution is 7.89. The second kappa shape index (κ2) is 9.02. The summed E-state index contributed by atoms with van der Waals surface area (Å²) >= 11 is 6.16. The minimum atomic E-state index is -3.67. The van der Waals surface area contributed by atoms with Gasteiger partial charge in [-0.15, -0.1) is 0 Å². The number of aromatic nitrogens is 1. The number of benzene rings is 2. The molecule has 8 heteroatoms. The number of aryl methyl sites for hydroxylation is 1. The number of fused-ring (bicyclic) bond motifs is 1. The average Bonchev–Trinajstić information content (AvgIpc) is 3.21. The molecule has 0 spiro atoms. The lowest BCUT2D eigenvalue weighted by Gasteiger charge is -2.31. The SMILES string of the molecule is CCn1ccc2cc(S(=O)(=O)N3CCCC(C(=O)NCc4ccccc4Cl)C3)ccc21. The lowest BCUT2D eigenvalue weighted by Crippen LogP contribution is -2.45. The van der Waals surface area contributed by atoms with Crippen LogP contribution in [0.4, 0.5) is 0 Å². The van der Waals surface area contributed by atoms with Crippen molar-refractivity contribution in [1.29, 1.82) is 0 Å². The summed E-state index contributed by atoms with van der Waals surface area (Å²) in [7, 11) is -3.67. The van der Waals surface area contributed by atoms with Crippen LogP contribution in [-0.4, -0.2) is 36.3 Å². The molecule has 0 radical (unpaired) electrons. The Labute approximate surface area is 187 Å². The Kier molecular flexibility index (Phi) is 6.36. The summed E-state index contributed by atoms with van der Waals surface area (Å²) in [5.41, 5.74) is 1.85. The highest BCUT2D eigenvalue weighted by Crippen LogP contribution is 2.27. The van der Waals surface area contributed by atoms with Crippen LogP contribution in [-0.2, 0) is 27.9 Å². The van der Waals surface area contributed by atoms with Crippen molar-refractivity contribution in [1.82, 2.24) is 14.2 Å². The first kappa shape index (κ1) is 21.9. The molecule has 1 saturated heterocycles.